The molecule has 0 heterocycles. The van der Waals surface area contributed by atoms with E-state index in [2.05, 4.69) is 4.74 Å². The molecule has 13 heavy (non-hydrogen) atoms. The second-order valence-electron chi connectivity index (χ2n) is 2.05. The molecule has 0 spiro atoms. The van der Waals surface area contributed by atoms with E-state index in [0.29, 0.717) is 8.59 Å². The van der Waals surface area contributed by atoms with Gasteiger partial charge < -0.3 is 4.74 Å². The van der Waals surface area contributed by atoms with Crippen molar-refractivity contribution in [2.24, 2.45) is 0 Å². The molecule has 0 aromatic heterocycles. The maximum absolute atomic E-state index is 11.8. The first-order valence-electron chi connectivity index (χ1n) is 3.10. The summed E-state index contributed by atoms with van der Waals surface area (Å²) >= 11 is 13.1. The Labute approximate surface area is 97.1 Å². The third kappa shape index (κ3) is 2.82. The quantitative estimate of drug-likeness (QED) is 0.580. The van der Waals surface area contributed by atoms with E-state index in [4.69, 9.17) is 23.2 Å². The minimum atomic E-state index is -2.86. The molecule has 0 unspecified atom stereocenters. The fourth-order valence-corrected chi connectivity index (χ4v) is 1.77. The predicted molar refractivity (Wildman–Crippen MR) is 55.8 cm³/mol. The van der Waals surface area contributed by atoms with E-state index in [1.165, 1.54) is 12.1 Å². The van der Waals surface area contributed by atoms with Gasteiger partial charge in [-0.1, -0.05) is 23.2 Å². The molecule has 0 radical (unpaired) electrons. The number of hydrogen-bond acceptors (Lipinski definition) is 1. The average molecular weight is 339 g/mol. The molecule has 0 fully saturated rings. The Bertz CT molecular complexity index is 320. The standard InChI is InChI=1S/C7H3Cl2F2IO/c8-3-1-2-4(13-7(10)11)6(12)5(3)9/h1-2,7H. The van der Waals surface area contributed by atoms with Gasteiger partial charge in [-0.3, -0.25) is 0 Å². The van der Waals surface area contributed by atoms with Gasteiger partial charge in [-0.25, -0.2) is 0 Å². The number of benzene rings is 1. The average Bonchev–Trinajstić information content (AvgIpc) is 2.06. The predicted octanol–water partition coefficient (Wildman–Crippen LogP) is 4.20. The Morgan fingerprint density at radius 3 is 2.46 bits per heavy atom. The van der Waals surface area contributed by atoms with Crippen molar-refractivity contribution in [2.75, 3.05) is 0 Å². The van der Waals surface area contributed by atoms with Gasteiger partial charge in [-0.15, -0.1) is 0 Å². The minimum Gasteiger partial charge on any atom is -0.434 e. The maximum Gasteiger partial charge on any atom is 0.387 e. The summed E-state index contributed by atoms with van der Waals surface area (Å²) in [5, 5.41) is 0.535. The molecule has 0 amide bonds. The van der Waals surface area contributed by atoms with E-state index < -0.39 is 6.61 Å². The molecule has 0 saturated heterocycles. The van der Waals surface area contributed by atoms with Gasteiger partial charge in [-0.05, 0) is 34.7 Å². The summed E-state index contributed by atoms with van der Waals surface area (Å²) in [7, 11) is 0. The van der Waals surface area contributed by atoms with Crippen LogP contribution >= 0.6 is 45.8 Å². The molecule has 0 aliphatic rings. The van der Waals surface area contributed by atoms with Crippen LogP contribution in [-0.2, 0) is 0 Å². The second-order valence-corrected chi connectivity index (χ2v) is 3.92. The molecule has 0 atom stereocenters. The van der Waals surface area contributed by atoms with E-state index in [0.717, 1.165) is 0 Å². The molecule has 0 aliphatic carbocycles. The van der Waals surface area contributed by atoms with E-state index in [9.17, 15) is 8.78 Å². The Balaban J connectivity index is 3.04. The molecule has 0 N–H and O–H groups in total. The van der Waals surface area contributed by atoms with E-state index in [1.807, 2.05) is 0 Å². The first-order valence-corrected chi connectivity index (χ1v) is 4.94. The van der Waals surface area contributed by atoms with Crippen LogP contribution < -0.4 is 4.74 Å². The summed E-state index contributed by atoms with van der Waals surface area (Å²) < 4.78 is 28.2. The van der Waals surface area contributed by atoms with Crippen molar-refractivity contribution >= 4 is 45.8 Å². The summed E-state index contributed by atoms with van der Waals surface area (Å²) in [4.78, 5) is 0. The highest BCUT2D eigenvalue weighted by atomic mass is 127. The lowest BCUT2D eigenvalue weighted by molar-refractivity contribution is -0.0504. The highest BCUT2D eigenvalue weighted by Crippen LogP contribution is 2.34. The van der Waals surface area contributed by atoms with E-state index >= 15 is 0 Å². The van der Waals surface area contributed by atoms with E-state index in [1.54, 1.807) is 22.6 Å². The van der Waals surface area contributed by atoms with Gasteiger partial charge in [0.1, 0.15) is 5.75 Å². The molecule has 0 aliphatic heterocycles. The first kappa shape index (κ1) is 11.3. The fourth-order valence-electron chi connectivity index (χ4n) is 0.695. The smallest absolute Gasteiger partial charge is 0.387 e. The van der Waals surface area contributed by atoms with Gasteiger partial charge in [0.2, 0.25) is 0 Å². The van der Waals surface area contributed by atoms with Crippen LogP contribution in [0, 0.1) is 3.57 Å². The minimum absolute atomic E-state index is 0.0324. The lowest BCUT2D eigenvalue weighted by atomic mass is 10.3. The summed E-state index contributed by atoms with van der Waals surface area (Å²) in [5.41, 5.74) is 0. The molecule has 1 aromatic carbocycles. The Morgan fingerprint density at radius 2 is 1.92 bits per heavy atom. The fraction of sp³-hybridized carbons (Fsp3) is 0.143. The second kappa shape index (κ2) is 4.61. The lowest BCUT2D eigenvalue weighted by Gasteiger charge is -2.08. The number of hydrogen-bond donors (Lipinski definition) is 0. The number of halogens is 5. The largest absolute Gasteiger partial charge is 0.434 e. The van der Waals surface area contributed by atoms with Crippen molar-refractivity contribution in [3.05, 3.63) is 25.7 Å². The third-order valence-corrected chi connectivity index (χ3v) is 3.41. The normalized spacial score (nSPS) is 10.6. The SMILES string of the molecule is FC(F)Oc1ccc(Cl)c(Cl)c1I. The zero-order chi connectivity index (χ0) is 10.0. The summed E-state index contributed by atoms with van der Waals surface area (Å²) in [6.45, 7) is -2.86. The van der Waals surface area contributed by atoms with Crippen LogP contribution in [0.2, 0.25) is 10.0 Å². The molecule has 1 rings (SSSR count). The van der Waals surface area contributed by atoms with Crippen LogP contribution in [0.15, 0.2) is 12.1 Å². The van der Waals surface area contributed by atoms with Crippen LogP contribution in [0.1, 0.15) is 0 Å². The maximum atomic E-state index is 11.8. The van der Waals surface area contributed by atoms with Crippen LogP contribution in [0.5, 0.6) is 5.75 Å². The van der Waals surface area contributed by atoms with Crippen molar-refractivity contribution in [3.8, 4) is 5.75 Å². The zero-order valence-electron chi connectivity index (χ0n) is 6.03. The Kier molecular flexibility index (Phi) is 4.00. The highest BCUT2D eigenvalue weighted by Gasteiger charge is 2.12. The Hall–Kier alpha value is 0.190. The Morgan fingerprint density at radius 1 is 1.31 bits per heavy atom. The van der Waals surface area contributed by atoms with Crippen LogP contribution in [-0.4, -0.2) is 6.61 Å². The number of rotatable bonds is 2. The van der Waals surface area contributed by atoms with Gasteiger partial charge in [0.05, 0.1) is 13.6 Å². The van der Waals surface area contributed by atoms with E-state index in [-0.39, 0.29) is 10.8 Å². The molecular formula is C7H3Cl2F2IO. The highest BCUT2D eigenvalue weighted by molar-refractivity contribution is 14.1. The molecular weight excluding hydrogens is 336 g/mol. The van der Waals surface area contributed by atoms with Gasteiger partial charge in [0, 0.05) is 0 Å². The number of ether oxygens (including phenoxy) is 1. The summed E-state index contributed by atoms with van der Waals surface area (Å²) in [5.74, 6) is 0.0324. The summed E-state index contributed by atoms with van der Waals surface area (Å²) in [6.07, 6.45) is 0. The van der Waals surface area contributed by atoms with Gasteiger partial charge in [0.25, 0.3) is 0 Å². The molecule has 6 heteroatoms. The first-order chi connectivity index (χ1) is 6.02. The van der Waals surface area contributed by atoms with Crippen molar-refractivity contribution in [1.82, 2.24) is 0 Å². The van der Waals surface area contributed by atoms with Gasteiger partial charge in [0.15, 0.2) is 0 Å². The van der Waals surface area contributed by atoms with Crippen LogP contribution in [0.25, 0.3) is 0 Å². The topological polar surface area (TPSA) is 9.23 Å². The zero-order valence-corrected chi connectivity index (χ0v) is 9.70. The van der Waals surface area contributed by atoms with Crippen molar-refractivity contribution < 1.29 is 13.5 Å². The van der Waals surface area contributed by atoms with Crippen molar-refractivity contribution in [2.45, 2.75) is 6.61 Å². The molecule has 1 nitrogen and oxygen atoms in total. The lowest BCUT2D eigenvalue weighted by Crippen LogP contribution is -2.03. The molecule has 0 bridgehead atoms. The third-order valence-electron chi connectivity index (χ3n) is 1.22. The van der Waals surface area contributed by atoms with Crippen LogP contribution in [0.3, 0.4) is 0 Å². The van der Waals surface area contributed by atoms with Crippen molar-refractivity contribution in [3.63, 3.8) is 0 Å². The number of alkyl halides is 2. The van der Waals surface area contributed by atoms with Gasteiger partial charge in [-0.2, -0.15) is 8.78 Å². The molecule has 72 valence electrons. The van der Waals surface area contributed by atoms with Gasteiger partial charge >= 0.3 is 6.61 Å². The summed E-state index contributed by atoms with van der Waals surface area (Å²) in [6, 6.07) is 2.76. The van der Waals surface area contributed by atoms with Crippen LogP contribution in [0.4, 0.5) is 8.78 Å². The molecule has 1 aromatic rings. The molecule has 0 saturated carbocycles. The monoisotopic (exact) mass is 338 g/mol. The van der Waals surface area contributed by atoms with Crippen molar-refractivity contribution in [1.29, 1.82) is 0 Å².